The Morgan fingerprint density at radius 3 is 2.00 bits per heavy atom. The summed E-state index contributed by atoms with van der Waals surface area (Å²) in [6, 6.07) is 8.62. The van der Waals surface area contributed by atoms with Crippen molar-refractivity contribution < 1.29 is 4.74 Å². The first-order chi connectivity index (χ1) is 7.22. The molecule has 1 aromatic carbocycles. The van der Waals surface area contributed by atoms with E-state index in [2.05, 4.69) is 24.3 Å². The fourth-order valence-electron chi connectivity index (χ4n) is 1.31. The van der Waals surface area contributed by atoms with Crippen LogP contribution in [0.3, 0.4) is 0 Å². The molecule has 1 rings (SSSR count). The molecule has 1 atom stereocenters. The van der Waals surface area contributed by atoms with Crippen LogP contribution in [0.1, 0.15) is 31.9 Å². The molecule has 0 aromatic heterocycles. The van der Waals surface area contributed by atoms with Gasteiger partial charge in [-0.25, -0.2) is 0 Å². The highest BCUT2D eigenvalue weighted by Crippen LogP contribution is 2.06. The molecule has 1 unspecified atom stereocenters. The third kappa shape index (κ3) is 6.26. The molecular weight excluding hydrogens is 186 g/mol. The first-order valence-electron chi connectivity index (χ1n) is 5.54. The fourth-order valence-corrected chi connectivity index (χ4v) is 1.31. The van der Waals surface area contributed by atoms with Crippen LogP contribution in [-0.2, 0) is 17.8 Å². The molecule has 86 valence electrons. The number of ether oxygens (including phenoxy) is 1. The van der Waals surface area contributed by atoms with Crippen molar-refractivity contribution in [2.45, 2.75) is 39.8 Å². The first kappa shape index (κ1) is 14.1. The number of hydrogen-bond acceptors (Lipinski definition) is 2. The Labute approximate surface area is 93.4 Å². The van der Waals surface area contributed by atoms with Crippen molar-refractivity contribution >= 4 is 0 Å². The average molecular weight is 209 g/mol. The number of methoxy groups -OCH3 is 1. The van der Waals surface area contributed by atoms with Crippen LogP contribution in [0.5, 0.6) is 0 Å². The largest absolute Gasteiger partial charge is 0.380 e. The van der Waals surface area contributed by atoms with E-state index in [0.717, 1.165) is 6.42 Å². The third-order valence-electron chi connectivity index (χ3n) is 1.89. The van der Waals surface area contributed by atoms with Gasteiger partial charge >= 0.3 is 0 Å². The molecule has 15 heavy (non-hydrogen) atoms. The van der Waals surface area contributed by atoms with Gasteiger partial charge in [-0.2, -0.15) is 0 Å². The summed E-state index contributed by atoms with van der Waals surface area (Å²) in [6.07, 6.45) is 0.938. The van der Waals surface area contributed by atoms with Gasteiger partial charge in [0.2, 0.25) is 0 Å². The molecular formula is C13H23NO. The first-order valence-corrected chi connectivity index (χ1v) is 5.54. The van der Waals surface area contributed by atoms with Crippen molar-refractivity contribution in [1.82, 2.24) is 0 Å². The second-order valence-electron chi connectivity index (χ2n) is 3.43. The Hall–Kier alpha value is -0.860. The van der Waals surface area contributed by atoms with E-state index >= 15 is 0 Å². The van der Waals surface area contributed by atoms with Crippen LogP contribution in [0.15, 0.2) is 24.3 Å². The monoisotopic (exact) mass is 209 g/mol. The van der Waals surface area contributed by atoms with Gasteiger partial charge in [0.15, 0.2) is 0 Å². The quantitative estimate of drug-likeness (QED) is 0.827. The van der Waals surface area contributed by atoms with E-state index < -0.39 is 0 Å². The second-order valence-corrected chi connectivity index (χ2v) is 3.43. The molecule has 0 saturated carbocycles. The minimum Gasteiger partial charge on any atom is -0.380 e. The summed E-state index contributed by atoms with van der Waals surface area (Å²) in [5, 5.41) is 0. The van der Waals surface area contributed by atoms with E-state index in [0.29, 0.717) is 6.61 Å². The van der Waals surface area contributed by atoms with Gasteiger partial charge in [-0.1, -0.05) is 38.1 Å². The van der Waals surface area contributed by atoms with Crippen LogP contribution in [-0.4, -0.2) is 13.2 Å². The summed E-state index contributed by atoms with van der Waals surface area (Å²) in [6.45, 7) is 6.70. The lowest BCUT2D eigenvalue weighted by molar-refractivity contribution is 0.185. The number of rotatable bonds is 4. The van der Waals surface area contributed by atoms with E-state index in [1.165, 1.54) is 11.1 Å². The molecule has 0 amide bonds. The molecule has 0 spiro atoms. The minimum absolute atomic E-state index is 0.230. The predicted molar refractivity (Wildman–Crippen MR) is 65.9 cm³/mol. The minimum atomic E-state index is 0.230. The highest BCUT2D eigenvalue weighted by Gasteiger charge is 1.97. The Morgan fingerprint density at radius 1 is 1.13 bits per heavy atom. The van der Waals surface area contributed by atoms with E-state index in [1.54, 1.807) is 7.11 Å². The Morgan fingerprint density at radius 2 is 1.60 bits per heavy atom. The van der Waals surface area contributed by atoms with Crippen LogP contribution in [0, 0.1) is 0 Å². The van der Waals surface area contributed by atoms with E-state index in [4.69, 9.17) is 10.5 Å². The molecule has 0 aliphatic carbocycles. The molecule has 0 saturated heterocycles. The maximum Gasteiger partial charge on any atom is 0.0713 e. The fraction of sp³-hybridized carbons (Fsp3) is 0.538. The summed E-state index contributed by atoms with van der Waals surface area (Å²) in [4.78, 5) is 0. The van der Waals surface area contributed by atoms with Crippen LogP contribution in [0.2, 0.25) is 0 Å². The topological polar surface area (TPSA) is 35.2 Å². The van der Waals surface area contributed by atoms with Crippen molar-refractivity contribution in [2.75, 3.05) is 7.11 Å². The van der Waals surface area contributed by atoms with Gasteiger partial charge in [-0.05, 0) is 24.5 Å². The maximum absolute atomic E-state index is 5.70. The lowest BCUT2D eigenvalue weighted by atomic mass is 10.1. The number of nitrogens with two attached hydrogens (primary N) is 1. The second kappa shape index (κ2) is 8.45. The van der Waals surface area contributed by atoms with E-state index in [9.17, 15) is 0 Å². The zero-order valence-corrected chi connectivity index (χ0v) is 10.3. The van der Waals surface area contributed by atoms with Crippen LogP contribution < -0.4 is 5.73 Å². The normalized spacial score (nSPS) is 11.5. The number of benzene rings is 1. The van der Waals surface area contributed by atoms with Crippen LogP contribution in [0.4, 0.5) is 0 Å². The lowest BCUT2D eigenvalue weighted by Crippen LogP contribution is -2.17. The molecule has 2 nitrogen and oxygen atoms in total. The van der Waals surface area contributed by atoms with Gasteiger partial charge in [0.25, 0.3) is 0 Å². The highest BCUT2D eigenvalue weighted by molar-refractivity contribution is 5.22. The Kier molecular flexibility index (Phi) is 7.96. The van der Waals surface area contributed by atoms with Crippen molar-refractivity contribution in [3.8, 4) is 0 Å². The molecule has 0 bridgehead atoms. The van der Waals surface area contributed by atoms with Crippen molar-refractivity contribution in [3.63, 3.8) is 0 Å². The Bertz CT molecular complexity index is 241. The summed E-state index contributed by atoms with van der Waals surface area (Å²) >= 11 is 0. The summed E-state index contributed by atoms with van der Waals surface area (Å²) in [7, 11) is 1.70. The molecule has 0 radical (unpaired) electrons. The average Bonchev–Trinajstić information content (AvgIpc) is 2.24. The van der Waals surface area contributed by atoms with Gasteiger partial charge in [-0.15, -0.1) is 0 Å². The SMILES string of the molecule is CC.COCc1ccc(CC(C)N)cc1. The number of hydrogen-bond donors (Lipinski definition) is 1. The van der Waals surface area contributed by atoms with Gasteiger partial charge in [0.05, 0.1) is 6.61 Å². The third-order valence-corrected chi connectivity index (χ3v) is 1.89. The van der Waals surface area contributed by atoms with Crippen LogP contribution in [0.25, 0.3) is 0 Å². The summed E-state index contributed by atoms with van der Waals surface area (Å²) in [5.41, 5.74) is 8.19. The zero-order chi connectivity index (χ0) is 11.7. The van der Waals surface area contributed by atoms with E-state index in [1.807, 2.05) is 20.8 Å². The molecule has 0 aliphatic rings. The molecule has 2 N–H and O–H groups in total. The van der Waals surface area contributed by atoms with Crippen LogP contribution >= 0.6 is 0 Å². The maximum atomic E-state index is 5.70. The van der Waals surface area contributed by atoms with Gasteiger partial charge in [0.1, 0.15) is 0 Å². The highest BCUT2D eigenvalue weighted by atomic mass is 16.5. The lowest BCUT2D eigenvalue weighted by Gasteiger charge is -2.05. The van der Waals surface area contributed by atoms with Gasteiger partial charge < -0.3 is 10.5 Å². The smallest absolute Gasteiger partial charge is 0.0713 e. The van der Waals surface area contributed by atoms with Crippen molar-refractivity contribution in [3.05, 3.63) is 35.4 Å². The molecule has 0 aliphatic heterocycles. The van der Waals surface area contributed by atoms with Crippen molar-refractivity contribution in [2.24, 2.45) is 5.73 Å². The van der Waals surface area contributed by atoms with Gasteiger partial charge in [0, 0.05) is 13.2 Å². The zero-order valence-electron chi connectivity index (χ0n) is 10.3. The molecule has 2 heteroatoms. The summed E-state index contributed by atoms with van der Waals surface area (Å²) < 4.78 is 5.02. The van der Waals surface area contributed by atoms with Gasteiger partial charge in [-0.3, -0.25) is 0 Å². The molecule has 0 fully saturated rings. The standard InChI is InChI=1S/C11H17NO.C2H6/c1-9(12)7-10-3-5-11(6-4-10)8-13-2;1-2/h3-6,9H,7-8,12H2,1-2H3;1-2H3. The van der Waals surface area contributed by atoms with E-state index in [-0.39, 0.29) is 6.04 Å². The van der Waals surface area contributed by atoms with Crippen molar-refractivity contribution in [1.29, 1.82) is 0 Å². The molecule has 1 aromatic rings. The molecule has 0 heterocycles. The summed E-state index contributed by atoms with van der Waals surface area (Å²) in [5.74, 6) is 0. The Balaban J connectivity index is 0.000000921. The predicted octanol–water partition coefficient (Wildman–Crippen LogP) is 2.75.